The average molecular weight is 717 g/mol. The molecule has 1 aliphatic heterocycles. The molecule has 1 fully saturated rings. The maximum atomic E-state index is 14.6. The molecule has 1 saturated heterocycles. The molecule has 3 N–H and O–H groups in total. The molecular weight excluding hydrogens is 680 g/mol. The van der Waals surface area contributed by atoms with Gasteiger partial charge in [-0.25, -0.2) is 9.18 Å². The lowest BCUT2D eigenvalue weighted by molar-refractivity contribution is 0.0913. The molecule has 3 amide bonds. The van der Waals surface area contributed by atoms with Gasteiger partial charge in [-0.3, -0.25) is 14.4 Å². The molecule has 0 bridgehead atoms. The number of ether oxygens (including phenoxy) is 1. The Balaban J connectivity index is 1.33. The lowest BCUT2D eigenvalue weighted by atomic mass is 9.93. The number of anilines is 3. The van der Waals surface area contributed by atoms with Gasteiger partial charge in [-0.1, -0.05) is 23.4 Å². The summed E-state index contributed by atoms with van der Waals surface area (Å²) in [7, 11) is 2.05. The fourth-order valence-corrected chi connectivity index (χ4v) is 6.77. The summed E-state index contributed by atoms with van der Waals surface area (Å²) >= 11 is 0.961. The van der Waals surface area contributed by atoms with Crippen molar-refractivity contribution in [1.29, 1.82) is 0 Å². The standard InChI is InChI=1S/C35H37FN8O6S/c1-6-49-34(48)44-33-23(18-28(51-33)32(47)40-35(3,4)25-9-7-8-10-26(25)36)29(41-44)39-30(45)22-12-11-21(43-15-13-42(5)14-16-43)17-27(22)38-31(46)24-19-37-50-20(24)2/h7-12,17-19H,6,13-16H2,1-5H3,(H,38,46)(H,40,47)(H,39,41,45). The summed E-state index contributed by atoms with van der Waals surface area (Å²) < 4.78 is 25.9. The number of aryl methyl sites for hydroxylation is 1. The lowest BCUT2D eigenvalue weighted by Crippen LogP contribution is -2.44. The van der Waals surface area contributed by atoms with Crippen LogP contribution in [0.25, 0.3) is 10.2 Å². The molecule has 5 aromatic rings. The number of piperazine rings is 1. The second-order valence-corrected chi connectivity index (χ2v) is 13.6. The lowest BCUT2D eigenvalue weighted by Gasteiger charge is -2.34. The molecular formula is C35H37FN8O6S. The number of benzene rings is 2. The van der Waals surface area contributed by atoms with Crippen LogP contribution in [0.4, 0.5) is 26.4 Å². The topological polar surface area (TPSA) is 164 Å². The summed E-state index contributed by atoms with van der Waals surface area (Å²) in [4.78, 5) is 58.5. The highest BCUT2D eigenvalue weighted by Crippen LogP contribution is 2.34. The number of carbonyl (C=O) groups is 4. The third-order valence-corrected chi connectivity index (χ3v) is 9.70. The van der Waals surface area contributed by atoms with Gasteiger partial charge in [0.1, 0.15) is 22.0 Å². The van der Waals surface area contributed by atoms with E-state index in [4.69, 9.17) is 9.26 Å². The first-order chi connectivity index (χ1) is 24.4. The van der Waals surface area contributed by atoms with Crippen molar-refractivity contribution in [2.24, 2.45) is 0 Å². The summed E-state index contributed by atoms with van der Waals surface area (Å²) in [5.41, 5.74) is 0.600. The predicted molar refractivity (Wildman–Crippen MR) is 190 cm³/mol. The molecule has 0 aliphatic carbocycles. The number of nitrogens with one attached hydrogen (secondary N) is 3. The number of thiophene rings is 1. The normalized spacial score (nSPS) is 13.6. The summed E-state index contributed by atoms with van der Waals surface area (Å²) in [6.45, 7) is 9.89. The number of nitrogens with zero attached hydrogens (tertiary/aromatic N) is 5. The maximum Gasteiger partial charge on any atom is 0.436 e. The van der Waals surface area contributed by atoms with Gasteiger partial charge < -0.3 is 35.0 Å². The number of carbonyl (C=O) groups excluding carboxylic acids is 4. The van der Waals surface area contributed by atoms with Gasteiger partial charge in [-0.15, -0.1) is 16.4 Å². The number of hydrogen-bond acceptors (Lipinski definition) is 11. The fraction of sp³-hybridized carbons (Fsp3) is 0.314. The van der Waals surface area contributed by atoms with Crippen LogP contribution in [0, 0.1) is 12.7 Å². The molecule has 6 rings (SSSR count). The zero-order chi connectivity index (χ0) is 36.4. The summed E-state index contributed by atoms with van der Waals surface area (Å²) in [6, 6.07) is 12.8. The van der Waals surface area contributed by atoms with Gasteiger partial charge in [0.05, 0.1) is 39.9 Å². The van der Waals surface area contributed by atoms with E-state index in [-0.39, 0.29) is 38.9 Å². The molecule has 0 radical (unpaired) electrons. The molecule has 1 aliphatic rings. The molecule has 266 valence electrons. The van der Waals surface area contributed by atoms with E-state index in [9.17, 15) is 23.6 Å². The van der Waals surface area contributed by atoms with Crippen LogP contribution in [0.3, 0.4) is 0 Å². The first-order valence-corrected chi connectivity index (χ1v) is 17.1. The van der Waals surface area contributed by atoms with E-state index in [1.54, 1.807) is 64.1 Å². The Morgan fingerprint density at radius 2 is 1.71 bits per heavy atom. The number of hydrogen-bond donors (Lipinski definition) is 3. The average Bonchev–Trinajstić information content (AvgIpc) is 3.81. The monoisotopic (exact) mass is 716 g/mol. The third kappa shape index (κ3) is 7.32. The van der Waals surface area contributed by atoms with E-state index < -0.39 is 35.2 Å². The zero-order valence-electron chi connectivity index (χ0n) is 28.7. The summed E-state index contributed by atoms with van der Waals surface area (Å²) in [5.74, 6) is -1.83. The van der Waals surface area contributed by atoms with Gasteiger partial charge in [0.2, 0.25) is 0 Å². The van der Waals surface area contributed by atoms with Crippen molar-refractivity contribution in [3.63, 3.8) is 0 Å². The fourth-order valence-electron chi connectivity index (χ4n) is 5.78. The molecule has 0 atom stereocenters. The highest BCUT2D eigenvalue weighted by molar-refractivity contribution is 7.20. The van der Waals surface area contributed by atoms with Crippen molar-refractivity contribution in [2.75, 3.05) is 55.4 Å². The SMILES string of the molecule is CCOC(=O)n1nc(NC(=O)c2ccc(N3CCN(C)CC3)cc2NC(=O)c2cnoc2C)c2cc(C(=O)NC(C)(C)c3ccccc3F)sc21. The van der Waals surface area contributed by atoms with Crippen molar-refractivity contribution in [2.45, 2.75) is 33.2 Å². The maximum absolute atomic E-state index is 14.6. The molecule has 51 heavy (non-hydrogen) atoms. The van der Waals surface area contributed by atoms with Crippen molar-refractivity contribution in [3.05, 3.63) is 87.9 Å². The van der Waals surface area contributed by atoms with E-state index in [1.165, 1.54) is 18.3 Å². The van der Waals surface area contributed by atoms with Crippen LogP contribution in [0.15, 0.2) is 59.3 Å². The third-order valence-electron chi connectivity index (χ3n) is 8.59. The van der Waals surface area contributed by atoms with Crippen molar-refractivity contribution >= 4 is 62.6 Å². The van der Waals surface area contributed by atoms with Crippen LogP contribution in [-0.4, -0.2) is 83.5 Å². The minimum Gasteiger partial charge on any atom is -0.448 e. The number of rotatable bonds is 9. The molecule has 0 unspecified atom stereocenters. The van der Waals surface area contributed by atoms with Gasteiger partial charge in [-0.05, 0) is 65.1 Å². The van der Waals surface area contributed by atoms with E-state index in [0.717, 1.165) is 47.9 Å². The largest absolute Gasteiger partial charge is 0.448 e. The van der Waals surface area contributed by atoms with Crippen LogP contribution in [0.5, 0.6) is 0 Å². The Kier molecular flexibility index (Phi) is 9.89. The van der Waals surface area contributed by atoms with Gasteiger partial charge >= 0.3 is 6.09 Å². The smallest absolute Gasteiger partial charge is 0.436 e. The van der Waals surface area contributed by atoms with Crippen LogP contribution < -0.4 is 20.9 Å². The first kappa shape index (κ1) is 35.2. The van der Waals surface area contributed by atoms with Crippen LogP contribution in [0.2, 0.25) is 0 Å². The Bertz CT molecular complexity index is 2130. The molecule has 4 heterocycles. The van der Waals surface area contributed by atoms with E-state index in [0.29, 0.717) is 16.7 Å². The van der Waals surface area contributed by atoms with E-state index in [1.807, 2.05) is 7.05 Å². The number of halogens is 1. The second kappa shape index (κ2) is 14.3. The van der Waals surface area contributed by atoms with Gasteiger partial charge in [0.25, 0.3) is 17.7 Å². The van der Waals surface area contributed by atoms with E-state index in [2.05, 4.69) is 36.0 Å². The highest BCUT2D eigenvalue weighted by atomic mass is 32.1. The summed E-state index contributed by atoms with van der Waals surface area (Å²) in [5, 5.41) is 16.8. The predicted octanol–water partition coefficient (Wildman–Crippen LogP) is 5.46. The number of fused-ring (bicyclic) bond motifs is 1. The number of likely N-dealkylation sites (N-methyl/N-ethyl adjacent to an activating group) is 1. The summed E-state index contributed by atoms with van der Waals surface area (Å²) in [6.07, 6.45) is 0.493. The highest BCUT2D eigenvalue weighted by Gasteiger charge is 2.30. The van der Waals surface area contributed by atoms with Crippen LogP contribution in [-0.2, 0) is 10.3 Å². The first-order valence-electron chi connectivity index (χ1n) is 16.2. The molecule has 0 saturated carbocycles. The van der Waals surface area contributed by atoms with Crippen LogP contribution in [0.1, 0.15) is 62.5 Å². The quantitative estimate of drug-likeness (QED) is 0.179. The number of aromatic nitrogens is 3. The molecule has 16 heteroatoms. The molecule has 3 aromatic heterocycles. The Labute approximate surface area is 296 Å². The molecule has 0 spiro atoms. The van der Waals surface area contributed by atoms with Crippen molar-refractivity contribution in [3.8, 4) is 0 Å². The van der Waals surface area contributed by atoms with Crippen molar-refractivity contribution < 1.29 is 32.8 Å². The van der Waals surface area contributed by atoms with E-state index >= 15 is 0 Å². The van der Waals surface area contributed by atoms with Crippen LogP contribution >= 0.6 is 11.3 Å². The van der Waals surface area contributed by atoms with Gasteiger partial charge in [0.15, 0.2) is 5.82 Å². The zero-order valence-corrected chi connectivity index (χ0v) is 29.5. The Morgan fingerprint density at radius 1 is 0.980 bits per heavy atom. The minimum absolute atomic E-state index is 0.0120. The Morgan fingerprint density at radius 3 is 2.39 bits per heavy atom. The molecule has 2 aromatic carbocycles. The van der Waals surface area contributed by atoms with Gasteiger partial charge in [-0.2, -0.15) is 4.68 Å². The minimum atomic E-state index is -1.08. The molecule has 14 nitrogen and oxygen atoms in total. The Hall–Kier alpha value is -5.61. The van der Waals surface area contributed by atoms with Gasteiger partial charge in [0, 0.05) is 37.4 Å². The van der Waals surface area contributed by atoms with Crippen molar-refractivity contribution in [1.82, 2.24) is 25.2 Å². The number of amides is 3. The second-order valence-electron chi connectivity index (χ2n) is 12.6.